The molecule has 9 heteroatoms. The third-order valence-corrected chi connectivity index (χ3v) is 6.46. The van der Waals surface area contributed by atoms with Gasteiger partial charge in [-0.25, -0.2) is 13.5 Å². The van der Waals surface area contributed by atoms with E-state index in [9.17, 15) is 8.78 Å². The Morgan fingerprint density at radius 3 is 2.24 bits per heavy atom. The van der Waals surface area contributed by atoms with Gasteiger partial charge in [-0.2, -0.15) is 4.98 Å². The van der Waals surface area contributed by atoms with E-state index in [4.69, 9.17) is 4.74 Å². The molecule has 2 aromatic carbocycles. The summed E-state index contributed by atoms with van der Waals surface area (Å²) in [6.45, 7) is 12.2. The van der Waals surface area contributed by atoms with Crippen molar-refractivity contribution in [2.24, 2.45) is 0 Å². The highest BCUT2D eigenvalue weighted by Gasteiger charge is 2.29. The van der Waals surface area contributed by atoms with Crippen LogP contribution < -0.4 is 10.2 Å². The van der Waals surface area contributed by atoms with Crippen molar-refractivity contribution in [3.63, 3.8) is 0 Å². The molecule has 2 aliphatic heterocycles. The Balaban J connectivity index is 1.37. The van der Waals surface area contributed by atoms with Crippen molar-refractivity contribution in [2.45, 2.75) is 32.2 Å². The Kier molecular flexibility index (Phi) is 5.99. The molecule has 0 radical (unpaired) electrons. The monoisotopic (exact) mass is 468 g/mol. The van der Waals surface area contributed by atoms with E-state index >= 15 is 0 Å². The van der Waals surface area contributed by atoms with Gasteiger partial charge >= 0.3 is 0 Å². The van der Waals surface area contributed by atoms with Crippen molar-refractivity contribution in [2.75, 3.05) is 49.6 Å². The first-order valence-electron chi connectivity index (χ1n) is 11.6. The normalized spacial score (nSPS) is 17.6. The number of aromatic nitrogens is 3. The highest BCUT2D eigenvalue weighted by Crippen LogP contribution is 2.32. The lowest BCUT2D eigenvalue weighted by Crippen LogP contribution is -2.56. The quantitative estimate of drug-likeness (QED) is 0.608. The van der Waals surface area contributed by atoms with Gasteiger partial charge < -0.3 is 15.0 Å². The van der Waals surface area contributed by atoms with Crippen LogP contribution in [0.2, 0.25) is 0 Å². The summed E-state index contributed by atoms with van der Waals surface area (Å²) in [5, 5.41) is 7.64. The molecule has 2 fully saturated rings. The molecule has 3 heterocycles. The molecule has 1 N–H and O–H groups in total. The molecule has 0 atom stereocenters. The van der Waals surface area contributed by atoms with Gasteiger partial charge in [0.05, 0.1) is 24.9 Å². The molecule has 3 aromatic rings. The lowest BCUT2D eigenvalue weighted by atomic mass is 9.86. The van der Waals surface area contributed by atoms with E-state index in [0.29, 0.717) is 12.0 Å². The van der Waals surface area contributed by atoms with Gasteiger partial charge in [-0.1, -0.05) is 20.8 Å². The topological polar surface area (TPSA) is 58.5 Å². The Morgan fingerprint density at radius 1 is 0.912 bits per heavy atom. The molecule has 5 rings (SSSR count). The van der Waals surface area contributed by atoms with Crippen LogP contribution in [0.15, 0.2) is 42.7 Å². The number of benzene rings is 2. The number of halogens is 2. The number of rotatable bonds is 5. The van der Waals surface area contributed by atoms with Crippen LogP contribution in [-0.2, 0) is 10.2 Å². The number of hydrogen-bond acceptors (Lipinski definition) is 6. The van der Waals surface area contributed by atoms with Gasteiger partial charge in [0.15, 0.2) is 0 Å². The second-order valence-corrected chi connectivity index (χ2v) is 10.00. The molecular formula is C25H30F2N6O. The fourth-order valence-electron chi connectivity index (χ4n) is 4.32. The number of anilines is 3. The molecule has 2 saturated heterocycles. The Hall–Kier alpha value is -3.04. The van der Waals surface area contributed by atoms with Gasteiger partial charge in [0.2, 0.25) is 5.95 Å². The first-order chi connectivity index (χ1) is 16.2. The van der Waals surface area contributed by atoms with Gasteiger partial charge in [-0.05, 0) is 41.3 Å². The van der Waals surface area contributed by atoms with E-state index in [1.807, 2.05) is 0 Å². The van der Waals surface area contributed by atoms with Gasteiger partial charge in [-0.15, -0.1) is 5.10 Å². The van der Waals surface area contributed by atoms with Crippen LogP contribution >= 0.6 is 0 Å². The third kappa shape index (κ3) is 4.90. The molecule has 2 aliphatic rings. The highest BCUT2D eigenvalue weighted by atomic mass is 19.1. The summed E-state index contributed by atoms with van der Waals surface area (Å²) in [4.78, 5) is 9.22. The molecule has 0 aliphatic carbocycles. The van der Waals surface area contributed by atoms with Crippen LogP contribution in [0.25, 0.3) is 5.69 Å². The number of ether oxygens (including phenoxy) is 1. The highest BCUT2D eigenvalue weighted by molar-refractivity contribution is 5.65. The third-order valence-electron chi connectivity index (χ3n) is 6.46. The van der Waals surface area contributed by atoms with Crippen LogP contribution in [0, 0.1) is 11.6 Å². The van der Waals surface area contributed by atoms with Gasteiger partial charge in [0.1, 0.15) is 18.0 Å². The first kappa shape index (κ1) is 22.7. The Labute approximate surface area is 198 Å². The Bertz CT molecular complexity index is 1140. The number of nitrogens with zero attached hydrogens (tertiary/aromatic N) is 5. The lowest BCUT2D eigenvalue weighted by Gasteiger charge is -2.43. The van der Waals surface area contributed by atoms with E-state index in [-0.39, 0.29) is 11.1 Å². The van der Waals surface area contributed by atoms with Crippen LogP contribution in [0.5, 0.6) is 0 Å². The predicted molar refractivity (Wildman–Crippen MR) is 128 cm³/mol. The van der Waals surface area contributed by atoms with E-state index in [1.165, 1.54) is 28.7 Å². The molecule has 0 saturated carbocycles. The van der Waals surface area contributed by atoms with Crippen molar-refractivity contribution >= 4 is 17.3 Å². The molecule has 7 nitrogen and oxygen atoms in total. The molecule has 0 unspecified atom stereocenters. The van der Waals surface area contributed by atoms with Crippen LogP contribution in [-0.4, -0.2) is 65.1 Å². The summed E-state index contributed by atoms with van der Waals surface area (Å²) in [6.07, 6.45) is 1.44. The second-order valence-electron chi connectivity index (χ2n) is 10.00. The summed E-state index contributed by atoms with van der Waals surface area (Å²) >= 11 is 0. The SMILES string of the molecule is CC(C)(C)c1cc(Nc2ncn(-c3cc(F)cc(F)c3)n2)cc(N2CCN(C3COC3)CC2)c1. The van der Waals surface area contributed by atoms with Crippen LogP contribution in [0.1, 0.15) is 26.3 Å². The van der Waals surface area contributed by atoms with E-state index < -0.39 is 11.6 Å². The van der Waals surface area contributed by atoms with Crippen molar-refractivity contribution in [3.05, 3.63) is 59.9 Å². The largest absolute Gasteiger partial charge is 0.378 e. The maximum absolute atomic E-state index is 13.6. The van der Waals surface area contributed by atoms with Gasteiger partial charge in [-0.3, -0.25) is 4.90 Å². The Morgan fingerprint density at radius 2 is 1.62 bits per heavy atom. The van der Waals surface area contributed by atoms with Gasteiger partial charge in [0.25, 0.3) is 0 Å². The van der Waals surface area contributed by atoms with Crippen LogP contribution in [0.3, 0.4) is 0 Å². The summed E-state index contributed by atoms with van der Waals surface area (Å²) < 4.78 is 33.9. The summed E-state index contributed by atoms with van der Waals surface area (Å²) in [6, 6.07) is 10.3. The van der Waals surface area contributed by atoms with Crippen molar-refractivity contribution in [1.29, 1.82) is 0 Å². The molecule has 0 spiro atoms. The zero-order valence-electron chi connectivity index (χ0n) is 19.8. The molecule has 0 amide bonds. The average molecular weight is 469 g/mol. The minimum Gasteiger partial charge on any atom is -0.378 e. The average Bonchev–Trinajstić information content (AvgIpc) is 3.20. The van der Waals surface area contributed by atoms with Crippen molar-refractivity contribution in [1.82, 2.24) is 19.7 Å². The molecule has 180 valence electrons. The van der Waals surface area contributed by atoms with Gasteiger partial charge in [0, 0.05) is 43.6 Å². The zero-order valence-corrected chi connectivity index (χ0v) is 19.8. The molecule has 34 heavy (non-hydrogen) atoms. The van der Waals surface area contributed by atoms with E-state index in [1.54, 1.807) is 0 Å². The fraction of sp³-hybridized carbons (Fsp3) is 0.440. The summed E-state index contributed by atoms with van der Waals surface area (Å²) in [7, 11) is 0. The number of hydrogen-bond donors (Lipinski definition) is 1. The first-order valence-corrected chi connectivity index (χ1v) is 11.6. The van der Waals surface area contributed by atoms with E-state index in [0.717, 1.165) is 56.8 Å². The minimum atomic E-state index is -0.660. The zero-order chi connectivity index (χ0) is 23.9. The number of nitrogens with one attached hydrogen (secondary N) is 1. The summed E-state index contributed by atoms with van der Waals surface area (Å²) in [5.41, 5.74) is 3.47. The molecular weight excluding hydrogens is 438 g/mol. The standard InChI is InChI=1S/C25H30F2N6O/c1-25(2,3)17-8-20(13-21(9-17)31-4-6-32(7-5-31)23-14-34-15-23)29-24-28-16-33(30-24)22-11-18(26)10-19(27)12-22/h8-13,16,23H,4-7,14-15H2,1-3H3,(H,29,30). The number of piperazine rings is 1. The second kappa shape index (κ2) is 8.96. The summed E-state index contributed by atoms with van der Waals surface area (Å²) in [5.74, 6) is -0.962. The molecule has 0 bridgehead atoms. The predicted octanol–water partition coefficient (Wildman–Crippen LogP) is 4.11. The smallest absolute Gasteiger partial charge is 0.246 e. The lowest BCUT2D eigenvalue weighted by molar-refractivity contribution is -0.0660. The van der Waals surface area contributed by atoms with E-state index in [2.05, 4.69) is 64.2 Å². The maximum atomic E-state index is 13.6. The van der Waals surface area contributed by atoms with Crippen LogP contribution in [0.4, 0.5) is 26.1 Å². The minimum absolute atomic E-state index is 0.0383. The maximum Gasteiger partial charge on any atom is 0.246 e. The van der Waals surface area contributed by atoms with Crippen molar-refractivity contribution in [3.8, 4) is 5.69 Å². The fourth-order valence-corrected chi connectivity index (χ4v) is 4.32. The van der Waals surface area contributed by atoms with Crippen molar-refractivity contribution < 1.29 is 13.5 Å². The molecule has 1 aromatic heterocycles.